The number of hydrogen-bond donors (Lipinski definition) is 2. The second-order valence-electron chi connectivity index (χ2n) is 6.04. The maximum atomic E-state index is 12.2. The van der Waals surface area contributed by atoms with Gasteiger partial charge in [-0.05, 0) is 31.0 Å². The molecule has 7 nitrogen and oxygen atoms in total. The molecule has 1 atom stereocenters. The number of nitrogens with zero attached hydrogens (tertiary/aromatic N) is 1. The van der Waals surface area contributed by atoms with E-state index in [9.17, 15) is 14.4 Å². The van der Waals surface area contributed by atoms with Gasteiger partial charge in [0.25, 0.3) is 0 Å². The molecule has 2 rings (SSSR count). The third-order valence-corrected chi connectivity index (χ3v) is 4.16. The first kappa shape index (κ1) is 18.8. The van der Waals surface area contributed by atoms with Gasteiger partial charge in [-0.15, -0.1) is 0 Å². The van der Waals surface area contributed by atoms with E-state index in [4.69, 9.17) is 9.84 Å². The summed E-state index contributed by atoms with van der Waals surface area (Å²) in [6.07, 6.45) is 0.827. The summed E-state index contributed by atoms with van der Waals surface area (Å²) in [5, 5.41) is 11.4. The molecule has 136 valence electrons. The van der Waals surface area contributed by atoms with Crippen molar-refractivity contribution in [2.45, 2.75) is 32.7 Å². The molecular weight excluding hydrogens is 324 g/mol. The number of carboxylic acids is 1. The molecule has 0 unspecified atom stereocenters. The molecule has 1 heterocycles. The van der Waals surface area contributed by atoms with Gasteiger partial charge >= 0.3 is 5.97 Å². The molecule has 0 aromatic heterocycles. The summed E-state index contributed by atoms with van der Waals surface area (Å²) in [6.45, 7) is 3.78. The van der Waals surface area contributed by atoms with Crippen LogP contribution in [0.5, 0.6) is 5.75 Å². The Labute approximate surface area is 147 Å². The van der Waals surface area contributed by atoms with E-state index in [1.54, 1.807) is 17.0 Å². The number of hydrogen-bond acceptors (Lipinski definition) is 4. The lowest BCUT2D eigenvalue weighted by molar-refractivity contribution is -0.137. The Morgan fingerprint density at radius 1 is 1.32 bits per heavy atom. The molecule has 2 N–H and O–H groups in total. The molecule has 0 aliphatic carbocycles. The average Bonchev–Trinajstić information content (AvgIpc) is 2.98. The minimum absolute atomic E-state index is 0.0343. The Morgan fingerprint density at radius 2 is 2.04 bits per heavy atom. The zero-order chi connectivity index (χ0) is 18.2. The van der Waals surface area contributed by atoms with E-state index in [1.165, 1.54) is 0 Å². The van der Waals surface area contributed by atoms with Crippen LogP contribution >= 0.6 is 0 Å². The highest BCUT2D eigenvalue weighted by molar-refractivity contribution is 5.89. The first-order valence-electron chi connectivity index (χ1n) is 8.48. The standard InChI is InChI=1S/C18H24N2O5/c1-2-20-12-14(10-16(20)21)18(24)19-11-13-5-7-15(8-6-13)25-9-3-4-17(22)23/h5-8,14H,2-4,9-12H2,1H3,(H,19,24)(H,22,23)/t14-/m0/s1. The summed E-state index contributed by atoms with van der Waals surface area (Å²) in [7, 11) is 0. The molecular formula is C18H24N2O5. The summed E-state index contributed by atoms with van der Waals surface area (Å²) < 4.78 is 5.46. The van der Waals surface area contributed by atoms with Crippen molar-refractivity contribution in [2.75, 3.05) is 19.7 Å². The van der Waals surface area contributed by atoms with Crippen molar-refractivity contribution in [3.05, 3.63) is 29.8 Å². The number of nitrogens with one attached hydrogen (secondary N) is 1. The highest BCUT2D eigenvalue weighted by Gasteiger charge is 2.33. The molecule has 25 heavy (non-hydrogen) atoms. The van der Waals surface area contributed by atoms with Crippen molar-refractivity contribution in [2.24, 2.45) is 5.92 Å². The predicted molar refractivity (Wildman–Crippen MR) is 91.0 cm³/mol. The number of benzene rings is 1. The fraction of sp³-hybridized carbons (Fsp3) is 0.500. The lowest BCUT2D eigenvalue weighted by Gasteiger charge is -2.13. The van der Waals surface area contributed by atoms with Crippen LogP contribution < -0.4 is 10.1 Å². The Morgan fingerprint density at radius 3 is 2.64 bits per heavy atom. The van der Waals surface area contributed by atoms with Gasteiger partial charge in [0.1, 0.15) is 5.75 Å². The van der Waals surface area contributed by atoms with E-state index in [1.807, 2.05) is 19.1 Å². The molecule has 1 aromatic carbocycles. The monoisotopic (exact) mass is 348 g/mol. The van der Waals surface area contributed by atoms with Gasteiger partial charge < -0.3 is 20.1 Å². The van der Waals surface area contributed by atoms with Crippen LogP contribution in [0.25, 0.3) is 0 Å². The van der Waals surface area contributed by atoms with Crippen molar-refractivity contribution in [3.8, 4) is 5.75 Å². The molecule has 1 fully saturated rings. The zero-order valence-electron chi connectivity index (χ0n) is 14.4. The molecule has 2 amide bonds. The number of rotatable bonds is 9. The average molecular weight is 348 g/mol. The van der Waals surface area contributed by atoms with E-state index < -0.39 is 5.97 Å². The molecule has 1 aromatic rings. The van der Waals surface area contributed by atoms with Crippen molar-refractivity contribution >= 4 is 17.8 Å². The van der Waals surface area contributed by atoms with Crippen LogP contribution in [0.2, 0.25) is 0 Å². The maximum absolute atomic E-state index is 12.2. The van der Waals surface area contributed by atoms with Crippen molar-refractivity contribution in [1.29, 1.82) is 0 Å². The third-order valence-electron chi connectivity index (χ3n) is 4.16. The number of carbonyl (C=O) groups excluding carboxylic acids is 2. The normalized spacial score (nSPS) is 16.8. The van der Waals surface area contributed by atoms with Gasteiger partial charge in [-0.3, -0.25) is 14.4 Å². The second kappa shape index (κ2) is 9.05. The van der Waals surface area contributed by atoms with Gasteiger partial charge in [0, 0.05) is 32.5 Å². The van der Waals surface area contributed by atoms with Gasteiger partial charge in [-0.1, -0.05) is 12.1 Å². The van der Waals surface area contributed by atoms with Crippen LogP contribution in [-0.2, 0) is 20.9 Å². The number of likely N-dealkylation sites (tertiary alicyclic amines) is 1. The van der Waals surface area contributed by atoms with Crippen molar-refractivity contribution in [3.63, 3.8) is 0 Å². The lowest BCUT2D eigenvalue weighted by atomic mass is 10.1. The van der Waals surface area contributed by atoms with Crippen molar-refractivity contribution < 1.29 is 24.2 Å². The van der Waals surface area contributed by atoms with Gasteiger partial charge in [0.15, 0.2) is 0 Å². The first-order valence-corrected chi connectivity index (χ1v) is 8.48. The summed E-state index contributed by atoms with van der Waals surface area (Å²) in [5.41, 5.74) is 0.933. The number of carbonyl (C=O) groups is 3. The molecule has 7 heteroatoms. The number of carboxylic acid groups (broad SMARTS) is 1. The van der Waals surface area contributed by atoms with Gasteiger partial charge in [-0.2, -0.15) is 0 Å². The number of ether oxygens (including phenoxy) is 1. The summed E-state index contributed by atoms with van der Waals surface area (Å²) in [4.78, 5) is 36.0. The third kappa shape index (κ3) is 5.77. The summed E-state index contributed by atoms with van der Waals surface area (Å²) in [6, 6.07) is 7.29. The molecule has 0 spiro atoms. The Balaban J connectivity index is 1.73. The van der Waals surface area contributed by atoms with E-state index >= 15 is 0 Å². The second-order valence-corrected chi connectivity index (χ2v) is 6.04. The van der Waals surface area contributed by atoms with Crippen LogP contribution in [0.15, 0.2) is 24.3 Å². The van der Waals surface area contributed by atoms with Gasteiger partial charge in [0.2, 0.25) is 11.8 Å². The van der Waals surface area contributed by atoms with Gasteiger partial charge in [0.05, 0.1) is 12.5 Å². The smallest absolute Gasteiger partial charge is 0.303 e. The SMILES string of the molecule is CCN1C[C@@H](C(=O)NCc2ccc(OCCCC(=O)O)cc2)CC1=O. The quantitative estimate of drug-likeness (QED) is 0.658. The predicted octanol–water partition coefficient (Wildman–Crippen LogP) is 1.41. The van der Waals surface area contributed by atoms with Crippen LogP contribution in [-0.4, -0.2) is 47.5 Å². The Bertz CT molecular complexity index is 614. The van der Waals surface area contributed by atoms with Crippen LogP contribution in [0.3, 0.4) is 0 Å². The van der Waals surface area contributed by atoms with Gasteiger partial charge in [-0.25, -0.2) is 0 Å². The topological polar surface area (TPSA) is 95.9 Å². The van der Waals surface area contributed by atoms with Crippen LogP contribution in [0, 0.1) is 5.92 Å². The largest absolute Gasteiger partial charge is 0.494 e. The maximum Gasteiger partial charge on any atom is 0.303 e. The highest BCUT2D eigenvalue weighted by atomic mass is 16.5. The first-order chi connectivity index (χ1) is 12.0. The minimum atomic E-state index is -0.833. The van der Waals surface area contributed by atoms with E-state index in [0.29, 0.717) is 38.4 Å². The molecule has 0 radical (unpaired) electrons. The minimum Gasteiger partial charge on any atom is -0.494 e. The zero-order valence-corrected chi connectivity index (χ0v) is 14.4. The summed E-state index contributed by atoms with van der Waals surface area (Å²) in [5.74, 6) is -0.504. The van der Waals surface area contributed by atoms with Crippen molar-refractivity contribution in [1.82, 2.24) is 10.2 Å². The Hall–Kier alpha value is -2.57. The molecule has 1 aliphatic heterocycles. The van der Waals surface area contributed by atoms with E-state index in [2.05, 4.69) is 5.32 Å². The fourth-order valence-corrected chi connectivity index (χ4v) is 2.70. The summed E-state index contributed by atoms with van der Waals surface area (Å²) >= 11 is 0. The van der Waals surface area contributed by atoms with Crippen LogP contribution in [0.1, 0.15) is 31.7 Å². The van der Waals surface area contributed by atoms with E-state index in [0.717, 1.165) is 5.56 Å². The number of amides is 2. The highest BCUT2D eigenvalue weighted by Crippen LogP contribution is 2.18. The fourth-order valence-electron chi connectivity index (χ4n) is 2.70. The number of aliphatic carboxylic acids is 1. The molecule has 0 saturated carbocycles. The molecule has 1 aliphatic rings. The lowest BCUT2D eigenvalue weighted by Crippen LogP contribution is -2.32. The van der Waals surface area contributed by atoms with Crippen LogP contribution in [0.4, 0.5) is 0 Å². The molecule has 1 saturated heterocycles. The van der Waals surface area contributed by atoms with E-state index in [-0.39, 0.29) is 30.6 Å². The Kier molecular flexibility index (Phi) is 6.80. The molecule has 0 bridgehead atoms.